The maximum absolute atomic E-state index is 6.29. The highest BCUT2D eigenvalue weighted by Crippen LogP contribution is 2.27. The fraction of sp³-hybridized carbons (Fsp3) is 0.0526. The van der Waals surface area contributed by atoms with Gasteiger partial charge in [-0.05, 0) is 13.0 Å². The molecule has 0 spiro atoms. The second-order valence-electron chi connectivity index (χ2n) is 5.82. The number of nitrogens with zero attached hydrogens (tertiary/aromatic N) is 5. The smallest absolute Gasteiger partial charge is 0.174 e. The Kier molecular flexibility index (Phi) is 4.75. The molecule has 0 saturated heterocycles. The molecule has 0 aliphatic rings. The molecule has 1 N–H and O–H groups in total. The van der Waals surface area contributed by atoms with Crippen molar-refractivity contribution in [2.45, 2.75) is 6.92 Å². The Bertz CT molecular complexity index is 1090. The van der Waals surface area contributed by atoms with E-state index in [2.05, 4.69) is 25.4 Å². The number of hydrogen-bond acceptors (Lipinski definition) is 5. The number of rotatable bonds is 4. The number of anilines is 2. The molecular weight excluding hydrogens is 383 g/mol. The molecule has 6 nitrogen and oxygen atoms in total. The Balaban J connectivity index is 1.70. The summed E-state index contributed by atoms with van der Waals surface area (Å²) < 4.78 is 1.62. The van der Waals surface area contributed by atoms with Crippen LogP contribution in [0.5, 0.6) is 0 Å². The number of benzene rings is 1. The molecule has 0 aliphatic carbocycles. The van der Waals surface area contributed by atoms with Crippen LogP contribution in [0.2, 0.25) is 10.0 Å². The van der Waals surface area contributed by atoms with Gasteiger partial charge in [-0.3, -0.25) is 0 Å². The van der Waals surface area contributed by atoms with Crippen LogP contribution in [0.1, 0.15) is 5.69 Å². The van der Waals surface area contributed by atoms with Crippen LogP contribution in [-0.2, 0) is 0 Å². The fourth-order valence-electron chi connectivity index (χ4n) is 2.64. The highest BCUT2D eigenvalue weighted by Gasteiger charge is 2.13. The van der Waals surface area contributed by atoms with Crippen molar-refractivity contribution in [3.05, 3.63) is 76.8 Å². The van der Waals surface area contributed by atoms with Gasteiger partial charge in [-0.2, -0.15) is 9.78 Å². The van der Waals surface area contributed by atoms with Gasteiger partial charge in [0.1, 0.15) is 18.0 Å². The van der Waals surface area contributed by atoms with Crippen molar-refractivity contribution < 1.29 is 0 Å². The average Bonchev–Trinajstić information content (AvgIpc) is 3.02. The number of halogens is 2. The number of pyridine rings is 1. The van der Waals surface area contributed by atoms with Gasteiger partial charge >= 0.3 is 0 Å². The van der Waals surface area contributed by atoms with Crippen LogP contribution in [0.4, 0.5) is 11.6 Å². The van der Waals surface area contributed by atoms with Gasteiger partial charge in [-0.25, -0.2) is 15.0 Å². The topological polar surface area (TPSA) is 68.5 Å². The molecule has 4 rings (SSSR count). The Morgan fingerprint density at radius 2 is 1.78 bits per heavy atom. The van der Waals surface area contributed by atoms with Gasteiger partial charge in [0.25, 0.3) is 0 Å². The molecule has 1 aromatic carbocycles. The van der Waals surface area contributed by atoms with Gasteiger partial charge < -0.3 is 5.32 Å². The van der Waals surface area contributed by atoms with Crippen LogP contribution in [0.25, 0.3) is 17.1 Å². The number of aryl methyl sites for hydroxylation is 1. The first kappa shape index (κ1) is 17.5. The van der Waals surface area contributed by atoms with E-state index >= 15 is 0 Å². The quantitative estimate of drug-likeness (QED) is 0.520. The molecule has 0 aliphatic heterocycles. The maximum atomic E-state index is 6.29. The lowest BCUT2D eigenvalue weighted by atomic mass is 10.1. The largest absolute Gasteiger partial charge is 0.325 e. The summed E-state index contributed by atoms with van der Waals surface area (Å²) in [4.78, 5) is 12.9. The molecule has 27 heavy (non-hydrogen) atoms. The van der Waals surface area contributed by atoms with Crippen molar-refractivity contribution >= 4 is 34.8 Å². The Hall–Kier alpha value is -2.96. The van der Waals surface area contributed by atoms with Crippen molar-refractivity contribution in [1.29, 1.82) is 0 Å². The summed E-state index contributed by atoms with van der Waals surface area (Å²) in [6, 6.07) is 15.3. The van der Waals surface area contributed by atoms with Gasteiger partial charge in [-0.1, -0.05) is 53.5 Å². The van der Waals surface area contributed by atoms with E-state index in [0.717, 1.165) is 17.0 Å². The molecule has 3 aromatic heterocycles. The number of hydrogen-bond donors (Lipinski definition) is 1. The molecule has 0 unspecified atom stereocenters. The summed E-state index contributed by atoms with van der Waals surface area (Å²) in [7, 11) is 0. The molecule has 134 valence electrons. The zero-order valence-corrected chi connectivity index (χ0v) is 15.8. The molecular formula is C19H14Cl2N6. The van der Waals surface area contributed by atoms with E-state index in [9.17, 15) is 0 Å². The van der Waals surface area contributed by atoms with Crippen LogP contribution in [0.15, 0.2) is 61.1 Å². The van der Waals surface area contributed by atoms with Crippen molar-refractivity contribution in [2.75, 3.05) is 5.32 Å². The summed E-state index contributed by atoms with van der Waals surface area (Å²) in [5, 5.41) is 8.60. The molecule has 3 heterocycles. The minimum absolute atomic E-state index is 0.404. The maximum Gasteiger partial charge on any atom is 0.174 e. The lowest BCUT2D eigenvalue weighted by Crippen LogP contribution is -2.06. The molecule has 0 fully saturated rings. The minimum Gasteiger partial charge on any atom is -0.325 e. The number of nitrogens with one attached hydrogen (secondary N) is 1. The van der Waals surface area contributed by atoms with Gasteiger partial charge in [0.15, 0.2) is 5.82 Å². The van der Waals surface area contributed by atoms with E-state index in [1.165, 1.54) is 12.5 Å². The van der Waals surface area contributed by atoms with Gasteiger partial charge in [0.2, 0.25) is 0 Å². The van der Waals surface area contributed by atoms with Crippen molar-refractivity contribution in [3.63, 3.8) is 0 Å². The van der Waals surface area contributed by atoms with E-state index in [0.29, 0.717) is 27.5 Å². The van der Waals surface area contributed by atoms with Gasteiger partial charge in [0.05, 0.1) is 21.4 Å². The van der Waals surface area contributed by atoms with Gasteiger partial charge in [-0.15, -0.1) is 0 Å². The third-order valence-corrected chi connectivity index (χ3v) is 4.30. The Morgan fingerprint density at radius 3 is 2.56 bits per heavy atom. The Labute approximate surface area is 165 Å². The second kappa shape index (κ2) is 7.34. The monoisotopic (exact) mass is 396 g/mol. The average molecular weight is 397 g/mol. The third-order valence-electron chi connectivity index (χ3n) is 3.81. The van der Waals surface area contributed by atoms with Crippen LogP contribution in [0.3, 0.4) is 0 Å². The molecule has 0 radical (unpaired) electrons. The van der Waals surface area contributed by atoms with Crippen LogP contribution >= 0.6 is 23.2 Å². The lowest BCUT2D eigenvalue weighted by molar-refractivity contribution is 0.838. The standard InChI is InChI=1S/C19H14Cl2N6/c1-12-7-18(27(26-12)19-15(21)8-14(20)10-22-19)25-17-9-16(23-11-24-17)13-5-3-2-4-6-13/h2-11H,1H3,(H,23,24,25). The minimum atomic E-state index is 0.404. The molecule has 8 heteroatoms. The highest BCUT2D eigenvalue weighted by atomic mass is 35.5. The molecule has 0 bridgehead atoms. The molecule has 0 atom stereocenters. The lowest BCUT2D eigenvalue weighted by Gasteiger charge is -2.10. The molecule has 0 saturated carbocycles. The van der Waals surface area contributed by atoms with Crippen molar-refractivity contribution in [3.8, 4) is 17.1 Å². The first-order valence-corrected chi connectivity index (χ1v) is 8.88. The number of aromatic nitrogens is 5. The van der Waals surface area contributed by atoms with Crippen LogP contribution in [-0.4, -0.2) is 24.7 Å². The van der Waals surface area contributed by atoms with E-state index in [1.807, 2.05) is 49.4 Å². The summed E-state index contributed by atoms with van der Waals surface area (Å²) in [5.41, 5.74) is 2.64. The van der Waals surface area contributed by atoms with Crippen LogP contribution < -0.4 is 5.32 Å². The summed E-state index contributed by atoms with van der Waals surface area (Å²) in [6.07, 6.45) is 3.05. The second-order valence-corrected chi connectivity index (χ2v) is 6.66. The normalized spacial score (nSPS) is 10.8. The summed E-state index contributed by atoms with van der Waals surface area (Å²) in [5.74, 6) is 1.80. The predicted octanol–water partition coefficient (Wildman–Crippen LogP) is 5.08. The zero-order chi connectivity index (χ0) is 18.8. The van der Waals surface area contributed by atoms with E-state index < -0.39 is 0 Å². The third kappa shape index (κ3) is 3.77. The first-order valence-electron chi connectivity index (χ1n) is 8.13. The Morgan fingerprint density at radius 1 is 0.963 bits per heavy atom. The van der Waals surface area contributed by atoms with E-state index in [4.69, 9.17) is 23.2 Å². The zero-order valence-electron chi connectivity index (χ0n) is 14.3. The molecule has 4 aromatic rings. The highest BCUT2D eigenvalue weighted by molar-refractivity contribution is 6.35. The first-order chi connectivity index (χ1) is 13.1. The summed E-state index contributed by atoms with van der Waals surface area (Å²) in [6.45, 7) is 1.89. The molecule has 0 amide bonds. The van der Waals surface area contributed by atoms with E-state index in [-0.39, 0.29) is 0 Å². The SMILES string of the molecule is Cc1cc(Nc2cc(-c3ccccc3)ncn2)n(-c2ncc(Cl)cc2Cl)n1. The van der Waals surface area contributed by atoms with E-state index in [1.54, 1.807) is 10.7 Å². The van der Waals surface area contributed by atoms with Crippen molar-refractivity contribution in [2.24, 2.45) is 0 Å². The van der Waals surface area contributed by atoms with Crippen LogP contribution in [0, 0.1) is 6.92 Å². The van der Waals surface area contributed by atoms with Crippen molar-refractivity contribution in [1.82, 2.24) is 24.7 Å². The fourth-order valence-corrected chi connectivity index (χ4v) is 3.10. The predicted molar refractivity (Wildman–Crippen MR) is 107 cm³/mol. The van der Waals surface area contributed by atoms with Gasteiger partial charge in [0, 0.05) is 23.9 Å². The summed E-state index contributed by atoms with van der Waals surface area (Å²) >= 11 is 12.2.